The first-order chi connectivity index (χ1) is 18.8. The molecule has 5 rings (SSSR count). The van der Waals surface area contributed by atoms with Crippen LogP contribution in [-0.2, 0) is 14.8 Å². The molecule has 3 aromatic rings. The first-order valence-electron chi connectivity index (χ1n) is 11.5. The summed E-state index contributed by atoms with van der Waals surface area (Å²) >= 11 is 5.89. The highest BCUT2D eigenvalue weighted by Gasteiger charge is 2.34. The van der Waals surface area contributed by atoms with Gasteiger partial charge in [-0.25, -0.2) is 32.9 Å². The van der Waals surface area contributed by atoms with Gasteiger partial charge in [0.25, 0.3) is 5.56 Å². The van der Waals surface area contributed by atoms with Crippen LogP contribution in [0.1, 0.15) is 18.7 Å². The summed E-state index contributed by atoms with van der Waals surface area (Å²) in [5.41, 5.74) is 4.79. The maximum absolute atomic E-state index is 13.6. The molecule has 1 atom stereocenters. The average Bonchev–Trinajstić information content (AvgIpc) is 3.35. The van der Waals surface area contributed by atoms with Gasteiger partial charge in [0.1, 0.15) is 0 Å². The van der Waals surface area contributed by atoms with E-state index in [1.165, 1.54) is 32.7 Å². The van der Waals surface area contributed by atoms with Crippen LogP contribution in [0.5, 0.6) is 5.88 Å². The van der Waals surface area contributed by atoms with Crippen LogP contribution < -0.4 is 19.9 Å². The van der Waals surface area contributed by atoms with E-state index in [9.17, 15) is 13.2 Å². The number of nitrogens with one attached hydrogen (secondary N) is 2. The van der Waals surface area contributed by atoms with Crippen molar-refractivity contribution >= 4 is 45.1 Å². The van der Waals surface area contributed by atoms with Gasteiger partial charge in [-0.2, -0.15) is 0 Å². The molecule has 202 valence electrons. The van der Waals surface area contributed by atoms with Gasteiger partial charge in [0.15, 0.2) is 17.2 Å². The standard InChI is InChI=1S/C22H21ClN10O5S/c1-37-16-7-3-6-15(28-16)18-29-30-22(33(18)17-19(34)26-12-27-20(17)38-2)31-39(35,36)14-5-4-8-32(11-14)21-24-9-13(23)10-25-21/h7,9-10,12,14H,4-5,8,11H2,1-2H3,(H,30,31)(H,26,27,34)/t14-/m0/s1. The Morgan fingerprint density at radius 2 is 1.97 bits per heavy atom. The van der Waals surface area contributed by atoms with Crippen molar-refractivity contribution < 1.29 is 17.9 Å². The van der Waals surface area contributed by atoms with Crippen LogP contribution in [0.25, 0.3) is 11.4 Å². The highest BCUT2D eigenvalue weighted by molar-refractivity contribution is 7.93. The predicted octanol–water partition coefficient (Wildman–Crippen LogP) is 0.923. The predicted molar refractivity (Wildman–Crippen MR) is 141 cm³/mol. The molecule has 1 fully saturated rings. The first-order valence-corrected chi connectivity index (χ1v) is 13.4. The largest absolute Gasteiger partial charge is 0.481 e. The van der Waals surface area contributed by atoms with Crippen LogP contribution in [-0.4, -0.2) is 81.6 Å². The second kappa shape index (κ2) is 10.7. The molecule has 39 heavy (non-hydrogen) atoms. The quantitative estimate of drug-likeness (QED) is 0.384. The van der Waals surface area contributed by atoms with Crippen LogP contribution in [0.2, 0.25) is 5.02 Å². The summed E-state index contributed by atoms with van der Waals surface area (Å²) in [7, 11) is -1.33. The number of aliphatic imine (C=N–C) groups is 1. The smallest absolute Gasteiger partial charge is 0.279 e. The molecule has 0 unspecified atom stereocenters. The summed E-state index contributed by atoms with van der Waals surface area (Å²) < 4.78 is 41.3. The maximum Gasteiger partial charge on any atom is 0.279 e. The number of anilines is 2. The van der Waals surface area contributed by atoms with E-state index >= 15 is 0 Å². The van der Waals surface area contributed by atoms with Crippen molar-refractivity contribution in [3.63, 3.8) is 0 Å². The van der Waals surface area contributed by atoms with Crippen LogP contribution in [0.3, 0.4) is 0 Å². The lowest BCUT2D eigenvalue weighted by Crippen LogP contribution is -2.45. The van der Waals surface area contributed by atoms with Gasteiger partial charge in [0, 0.05) is 13.1 Å². The summed E-state index contributed by atoms with van der Waals surface area (Å²) in [6.07, 6.45) is 6.44. The number of hydrogen-bond donors (Lipinski definition) is 2. The molecule has 0 spiro atoms. The van der Waals surface area contributed by atoms with Crippen molar-refractivity contribution in [2.24, 2.45) is 4.99 Å². The number of aromatic nitrogens is 7. The molecule has 2 aliphatic heterocycles. The number of halogens is 1. The molecule has 0 radical (unpaired) electrons. The lowest BCUT2D eigenvalue weighted by molar-refractivity contribution is 0.394. The monoisotopic (exact) mass is 572 g/mol. The van der Waals surface area contributed by atoms with Crippen LogP contribution >= 0.6 is 11.6 Å². The normalized spacial score (nSPS) is 17.0. The number of ether oxygens (including phenoxy) is 2. The van der Waals surface area contributed by atoms with Crippen LogP contribution in [0, 0.1) is 0 Å². The summed E-state index contributed by atoms with van der Waals surface area (Å²) in [4.78, 5) is 33.8. The van der Waals surface area contributed by atoms with E-state index < -0.39 is 20.8 Å². The van der Waals surface area contributed by atoms with Gasteiger partial charge in [-0.15, -0.1) is 10.2 Å². The number of H-pyrrole nitrogens is 1. The van der Waals surface area contributed by atoms with Crippen molar-refractivity contribution in [2.75, 3.05) is 36.9 Å². The van der Waals surface area contributed by atoms with Gasteiger partial charge >= 0.3 is 0 Å². The Morgan fingerprint density at radius 1 is 1.18 bits per heavy atom. The van der Waals surface area contributed by atoms with Crippen molar-refractivity contribution in [1.29, 1.82) is 0 Å². The van der Waals surface area contributed by atoms with E-state index in [1.54, 1.807) is 4.90 Å². The fourth-order valence-corrected chi connectivity index (χ4v) is 5.54. The molecule has 1 saturated heterocycles. The van der Waals surface area contributed by atoms with Gasteiger partial charge in [0.05, 0.1) is 49.3 Å². The fraction of sp³-hybridized carbons (Fsp3) is 0.318. The Kier molecular flexibility index (Phi) is 7.17. The molecule has 0 aromatic carbocycles. The fourth-order valence-electron chi connectivity index (χ4n) is 4.04. The van der Waals surface area contributed by atoms with E-state index in [0.717, 1.165) is 10.9 Å². The SMILES string of the molecule is COC1=NC(c2nnc(NS(=O)(=O)[C@H]3CCCN(c4ncc(Cl)cn4)C3)n2-c2c(OC)nc[nH]c2=O)=C=C=C1. The zero-order chi connectivity index (χ0) is 27.6. The summed E-state index contributed by atoms with van der Waals surface area (Å²) in [6, 6.07) is 0. The Bertz CT molecular complexity index is 1700. The Labute approximate surface area is 226 Å². The highest BCUT2D eigenvalue weighted by Crippen LogP contribution is 2.28. The van der Waals surface area contributed by atoms with Gasteiger partial charge in [-0.1, -0.05) is 17.3 Å². The van der Waals surface area contributed by atoms with E-state index in [0.29, 0.717) is 30.4 Å². The Balaban J connectivity index is 1.55. The molecular weight excluding hydrogens is 552 g/mol. The number of hydrogen-bond acceptors (Lipinski definition) is 12. The summed E-state index contributed by atoms with van der Waals surface area (Å²) in [6.45, 7) is 0.693. The molecule has 0 saturated carbocycles. The van der Waals surface area contributed by atoms with Gasteiger partial charge in [0.2, 0.25) is 33.7 Å². The molecule has 2 aliphatic rings. The van der Waals surface area contributed by atoms with E-state index in [1.807, 2.05) is 0 Å². The topological polar surface area (TPSA) is 182 Å². The zero-order valence-corrected chi connectivity index (χ0v) is 22.2. The summed E-state index contributed by atoms with van der Waals surface area (Å²) in [5, 5.41) is 7.63. The third-order valence-corrected chi connectivity index (χ3v) is 7.77. The molecule has 0 bridgehead atoms. The number of rotatable bonds is 7. The number of piperidine rings is 1. The van der Waals surface area contributed by atoms with Crippen molar-refractivity contribution in [3.05, 3.63) is 57.5 Å². The lowest BCUT2D eigenvalue weighted by Gasteiger charge is -2.32. The zero-order valence-electron chi connectivity index (χ0n) is 20.6. The van der Waals surface area contributed by atoms with Gasteiger partial charge in [-0.05, 0) is 18.6 Å². The number of methoxy groups -OCH3 is 2. The molecular formula is C22H21ClN10O5S. The Morgan fingerprint density at radius 3 is 2.72 bits per heavy atom. The minimum Gasteiger partial charge on any atom is -0.481 e. The van der Waals surface area contributed by atoms with E-state index in [-0.39, 0.29) is 41.5 Å². The number of sulfonamides is 1. The third-order valence-electron chi connectivity index (χ3n) is 5.84. The van der Waals surface area contributed by atoms with Crippen molar-refractivity contribution in [2.45, 2.75) is 18.1 Å². The second-order valence-corrected chi connectivity index (χ2v) is 10.6. The molecule has 0 amide bonds. The van der Waals surface area contributed by atoms with Crippen molar-refractivity contribution in [3.8, 4) is 11.6 Å². The number of nitrogens with zero attached hydrogens (tertiary/aromatic N) is 8. The molecule has 2 N–H and O–H groups in total. The second-order valence-electron chi connectivity index (χ2n) is 8.25. The minimum atomic E-state index is -4.06. The number of aromatic amines is 1. The van der Waals surface area contributed by atoms with Crippen molar-refractivity contribution in [1.82, 2.24) is 34.7 Å². The molecule has 15 nitrogen and oxygen atoms in total. The summed E-state index contributed by atoms with van der Waals surface area (Å²) in [5.74, 6) is 0.154. The van der Waals surface area contributed by atoms with Crippen LogP contribution in [0.4, 0.5) is 11.9 Å². The molecule has 5 heterocycles. The average molecular weight is 573 g/mol. The lowest BCUT2D eigenvalue weighted by atomic mass is 10.1. The van der Waals surface area contributed by atoms with Gasteiger partial charge < -0.3 is 19.4 Å². The van der Waals surface area contributed by atoms with E-state index in [4.69, 9.17) is 21.1 Å². The highest BCUT2D eigenvalue weighted by atomic mass is 35.5. The third kappa shape index (κ3) is 5.26. The van der Waals surface area contributed by atoms with Crippen LogP contribution in [0.15, 0.2) is 46.0 Å². The van der Waals surface area contributed by atoms with Gasteiger partial charge in [-0.3, -0.25) is 9.52 Å². The Hall–Kier alpha value is -4.49. The molecule has 0 aliphatic carbocycles. The first kappa shape index (κ1) is 26.1. The molecule has 3 aromatic heterocycles. The molecule has 17 heteroatoms. The minimum absolute atomic E-state index is 0.0283. The van der Waals surface area contributed by atoms with E-state index in [2.05, 4.69) is 51.3 Å². The maximum atomic E-state index is 13.6.